The van der Waals surface area contributed by atoms with Gasteiger partial charge in [-0.25, -0.2) is 0 Å². The summed E-state index contributed by atoms with van der Waals surface area (Å²) in [6, 6.07) is -0.0236. The highest BCUT2D eigenvalue weighted by atomic mass is 16.3. The monoisotopic (exact) mass is 254 g/mol. The van der Waals surface area contributed by atoms with Gasteiger partial charge in [-0.3, -0.25) is 4.79 Å². The zero-order chi connectivity index (χ0) is 13.0. The van der Waals surface area contributed by atoms with E-state index in [4.69, 9.17) is 0 Å². The largest absolute Gasteiger partial charge is 0.391 e. The van der Waals surface area contributed by atoms with E-state index in [1.165, 1.54) is 0 Å². The lowest BCUT2D eigenvalue weighted by molar-refractivity contribution is -0.134. The van der Waals surface area contributed by atoms with Gasteiger partial charge in [0, 0.05) is 0 Å². The van der Waals surface area contributed by atoms with Gasteiger partial charge in [-0.1, -0.05) is 19.8 Å². The number of amides is 1. The van der Waals surface area contributed by atoms with Crippen LogP contribution in [0.4, 0.5) is 0 Å². The number of hydrogen-bond acceptors (Lipinski definition) is 3. The normalized spacial score (nSPS) is 31.9. The van der Waals surface area contributed by atoms with Gasteiger partial charge in [0.1, 0.15) is 0 Å². The van der Waals surface area contributed by atoms with Crippen LogP contribution in [0.3, 0.4) is 0 Å². The summed E-state index contributed by atoms with van der Waals surface area (Å²) < 4.78 is 0. The Morgan fingerprint density at radius 3 is 2.61 bits per heavy atom. The van der Waals surface area contributed by atoms with E-state index >= 15 is 0 Å². The van der Waals surface area contributed by atoms with Crippen molar-refractivity contribution in [1.29, 1.82) is 0 Å². The molecule has 2 atom stereocenters. The van der Waals surface area contributed by atoms with Gasteiger partial charge in [-0.2, -0.15) is 0 Å². The van der Waals surface area contributed by atoms with Crippen molar-refractivity contribution in [2.75, 3.05) is 13.1 Å². The van der Waals surface area contributed by atoms with Crippen molar-refractivity contribution in [3.05, 3.63) is 0 Å². The number of carbonyl (C=O) groups excluding carboxylic acids is 1. The molecule has 2 fully saturated rings. The van der Waals surface area contributed by atoms with Gasteiger partial charge in [-0.15, -0.1) is 0 Å². The van der Waals surface area contributed by atoms with Gasteiger partial charge >= 0.3 is 0 Å². The highest BCUT2D eigenvalue weighted by Gasteiger charge is 2.39. The third kappa shape index (κ3) is 2.86. The second kappa shape index (κ2) is 6.02. The van der Waals surface area contributed by atoms with Crippen molar-refractivity contribution in [3.8, 4) is 0 Å². The van der Waals surface area contributed by atoms with E-state index in [2.05, 4.69) is 17.6 Å². The van der Waals surface area contributed by atoms with E-state index < -0.39 is 0 Å². The van der Waals surface area contributed by atoms with Crippen molar-refractivity contribution in [2.45, 2.75) is 64.0 Å². The van der Waals surface area contributed by atoms with Gasteiger partial charge < -0.3 is 15.7 Å². The van der Waals surface area contributed by atoms with E-state index in [9.17, 15) is 9.90 Å². The van der Waals surface area contributed by atoms with Gasteiger partial charge in [0.25, 0.3) is 0 Å². The van der Waals surface area contributed by atoms with E-state index in [0.29, 0.717) is 0 Å². The fraction of sp³-hybridized carbons (Fsp3) is 0.929. The maximum Gasteiger partial charge on any atom is 0.226 e. The zero-order valence-corrected chi connectivity index (χ0v) is 11.4. The second-order valence-corrected chi connectivity index (χ2v) is 5.82. The quantitative estimate of drug-likeness (QED) is 0.709. The Morgan fingerprint density at radius 1 is 1.33 bits per heavy atom. The van der Waals surface area contributed by atoms with E-state index in [0.717, 1.165) is 58.0 Å². The Bertz CT molecular complexity index is 288. The molecule has 0 bridgehead atoms. The third-order valence-electron chi connectivity index (χ3n) is 4.77. The van der Waals surface area contributed by atoms with Crippen molar-refractivity contribution >= 4 is 5.91 Å². The molecule has 18 heavy (non-hydrogen) atoms. The molecule has 4 nitrogen and oxygen atoms in total. The average molecular weight is 254 g/mol. The first-order chi connectivity index (χ1) is 8.68. The minimum atomic E-state index is -0.349. The molecule has 0 unspecified atom stereocenters. The lowest BCUT2D eigenvalue weighted by Gasteiger charge is -2.38. The SMILES string of the molecule is CCC1(C(=O)N[C@@H]2CCCC[C@H]2O)CCNCC1. The molecule has 0 aromatic carbocycles. The number of carbonyl (C=O) groups is 1. The number of piperidine rings is 1. The Labute approximate surface area is 110 Å². The molecule has 1 saturated heterocycles. The number of nitrogens with one attached hydrogen (secondary N) is 2. The number of rotatable bonds is 3. The lowest BCUT2D eigenvalue weighted by atomic mass is 9.75. The van der Waals surface area contributed by atoms with Crippen molar-refractivity contribution in [3.63, 3.8) is 0 Å². The van der Waals surface area contributed by atoms with Gasteiger partial charge in [0.2, 0.25) is 5.91 Å². The summed E-state index contributed by atoms with van der Waals surface area (Å²) in [5.74, 6) is 0.164. The molecule has 1 amide bonds. The highest BCUT2D eigenvalue weighted by molar-refractivity contribution is 5.83. The fourth-order valence-corrected chi connectivity index (χ4v) is 3.25. The molecular weight excluding hydrogens is 228 g/mol. The Balaban J connectivity index is 1.96. The van der Waals surface area contributed by atoms with Gasteiger partial charge in [-0.05, 0) is 45.2 Å². The molecule has 3 N–H and O–H groups in total. The second-order valence-electron chi connectivity index (χ2n) is 5.82. The maximum atomic E-state index is 12.5. The van der Waals surface area contributed by atoms with Crippen LogP contribution in [0.2, 0.25) is 0 Å². The number of aliphatic hydroxyl groups excluding tert-OH is 1. The molecule has 1 aliphatic heterocycles. The minimum Gasteiger partial charge on any atom is -0.391 e. The molecular formula is C14H26N2O2. The summed E-state index contributed by atoms with van der Waals surface area (Å²) in [6.07, 6.45) is 6.31. The highest BCUT2D eigenvalue weighted by Crippen LogP contribution is 2.33. The summed E-state index contributed by atoms with van der Waals surface area (Å²) in [6.45, 7) is 3.95. The molecule has 2 rings (SSSR count). The average Bonchev–Trinajstić information content (AvgIpc) is 2.42. The number of hydrogen-bond donors (Lipinski definition) is 3. The predicted octanol–water partition coefficient (Wildman–Crippen LogP) is 1.19. The summed E-state index contributed by atoms with van der Waals surface area (Å²) in [7, 11) is 0. The van der Waals surface area contributed by atoms with E-state index in [1.807, 2.05) is 0 Å². The Hall–Kier alpha value is -0.610. The molecule has 104 valence electrons. The molecule has 1 heterocycles. The van der Waals surface area contributed by atoms with Crippen LogP contribution in [0, 0.1) is 5.41 Å². The van der Waals surface area contributed by atoms with E-state index in [1.54, 1.807) is 0 Å². The van der Waals surface area contributed by atoms with Crippen molar-refractivity contribution in [1.82, 2.24) is 10.6 Å². The molecule has 0 aromatic rings. The molecule has 0 spiro atoms. The predicted molar refractivity (Wildman–Crippen MR) is 71.2 cm³/mol. The van der Waals surface area contributed by atoms with Crippen LogP contribution in [0.15, 0.2) is 0 Å². The standard InChI is InChI=1S/C14H26N2O2/c1-2-14(7-9-15-10-8-14)13(18)16-11-5-3-4-6-12(11)17/h11-12,15,17H,2-10H2,1H3,(H,16,18)/t11-,12-/m1/s1. The van der Waals surface area contributed by atoms with Crippen molar-refractivity contribution in [2.24, 2.45) is 5.41 Å². The fourth-order valence-electron chi connectivity index (χ4n) is 3.25. The van der Waals surface area contributed by atoms with Gasteiger partial charge in [0.15, 0.2) is 0 Å². The smallest absolute Gasteiger partial charge is 0.226 e. The van der Waals surface area contributed by atoms with E-state index in [-0.39, 0.29) is 23.5 Å². The number of aliphatic hydroxyl groups is 1. The van der Waals surface area contributed by atoms with Crippen LogP contribution < -0.4 is 10.6 Å². The van der Waals surface area contributed by atoms with Crippen LogP contribution >= 0.6 is 0 Å². The van der Waals surface area contributed by atoms with Crippen LogP contribution in [-0.4, -0.2) is 36.2 Å². The van der Waals surface area contributed by atoms with Crippen LogP contribution in [-0.2, 0) is 4.79 Å². The first-order valence-corrected chi connectivity index (χ1v) is 7.38. The summed E-state index contributed by atoms with van der Waals surface area (Å²) >= 11 is 0. The molecule has 0 radical (unpaired) electrons. The van der Waals surface area contributed by atoms with Gasteiger partial charge in [0.05, 0.1) is 17.6 Å². The Kier molecular flexibility index (Phi) is 4.62. The minimum absolute atomic E-state index is 0.0236. The molecule has 1 saturated carbocycles. The summed E-state index contributed by atoms with van der Waals surface area (Å²) in [5, 5.41) is 16.4. The zero-order valence-electron chi connectivity index (χ0n) is 11.4. The molecule has 2 aliphatic rings. The maximum absolute atomic E-state index is 12.5. The Morgan fingerprint density at radius 2 is 2.00 bits per heavy atom. The van der Waals surface area contributed by atoms with Crippen LogP contribution in [0.1, 0.15) is 51.9 Å². The first-order valence-electron chi connectivity index (χ1n) is 7.38. The van der Waals surface area contributed by atoms with Crippen LogP contribution in [0.25, 0.3) is 0 Å². The van der Waals surface area contributed by atoms with Crippen LogP contribution in [0.5, 0.6) is 0 Å². The van der Waals surface area contributed by atoms with Crippen molar-refractivity contribution < 1.29 is 9.90 Å². The topological polar surface area (TPSA) is 61.4 Å². The molecule has 1 aliphatic carbocycles. The molecule has 0 aromatic heterocycles. The molecule has 4 heteroatoms. The lowest BCUT2D eigenvalue weighted by Crippen LogP contribution is -2.53. The third-order valence-corrected chi connectivity index (χ3v) is 4.77. The summed E-state index contributed by atoms with van der Waals surface area (Å²) in [4.78, 5) is 12.5. The summed E-state index contributed by atoms with van der Waals surface area (Å²) in [5.41, 5.74) is -0.206. The first kappa shape index (κ1) is 13.8.